The molecule has 20 heavy (non-hydrogen) atoms. The van der Waals surface area contributed by atoms with Gasteiger partial charge in [0.25, 0.3) is 0 Å². The molecule has 0 aliphatic rings. The number of urea groups is 1. The molecule has 0 spiro atoms. The minimum absolute atomic E-state index is 0.101. The molecule has 0 fully saturated rings. The van der Waals surface area contributed by atoms with E-state index in [0.29, 0.717) is 23.7 Å². The normalized spacial score (nSPS) is 11.8. The van der Waals surface area contributed by atoms with Crippen molar-refractivity contribution >= 4 is 51.9 Å². The number of carboxylic acid groups (broad SMARTS) is 1. The average Bonchev–Trinajstić information content (AvgIpc) is 2.37. The van der Waals surface area contributed by atoms with Crippen molar-refractivity contribution in [1.82, 2.24) is 5.32 Å². The Morgan fingerprint density at radius 1 is 1.45 bits per heavy atom. The van der Waals surface area contributed by atoms with E-state index in [2.05, 4.69) is 33.2 Å². The summed E-state index contributed by atoms with van der Waals surface area (Å²) >= 11 is 8.14. The first-order chi connectivity index (χ1) is 9.38. The maximum Gasteiger partial charge on any atom is 0.319 e. The van der Waals surface area contributed by atoms with Crippen molar-refractivity contribution in [3.8, 4) is 0 Å². The van der Waals surface area contributed by atoms with Gasteiger partial charge in [0.05, 0.1) is 10.7 Å². The first-order valence-corrected chi connectivity index (χ1v) is 7.56. The van der Waals surface area contributed by atoms with E-state index in [1.807, 2.05) is 13.0 Å². The van der Waals surface area contributed by atoms with Gasteiger partial charge in [0, 0.05) is 16.5 Å². The molecule has 110 valence electrons. The van der Waals surface area contributed by atoms with Crippen molar-refractivity contribution < 1.29 is 14.7 Å². The summed E-state index contributed by atoms with van der Waals surface area (Å²) in [5.41, 5.74) is 0.544. The van der Waals surface area contributed by atoms with E-state index in [9.17, 15) is 9.59 Å². The molecule has 0 aromatic heterocycles. The van der Waals surface area contributed by atoms with Crippen LogP contribution in [-0.2, 0) is 4.79 Å². The number of halogens is 2. The molecule has 2 amide bonds. The second-order valence-corrected chi connectivity index (χ2v) is 6.15. The third kappa shape index (κ3) is 6.42. The largest absolute Gasteiger partial charge is 0.481 e. The van der Waals surface area contributed by atoms with Crippen LogP contribution in [-0.4, -0.2) is 23.7 Å². The number of carbonyl (C=O) groups is 2. The molecule has 0 bridgehead atoms. The molecule has 5 nitrogen and oxygen atoms in total. The lowest BCUT2D eigenvalue weighted by Gasteiger charge is -2.13. The highest BCUT2D eigenvalue weighted by Gasteiger charge is 2.09. The van der Waals surface area contributed by atoms with Crippen LogP contribution in [0, 0.1) is 9.49 Å². The molecule has 0 saturated carbocycles. The Hall–Kier alpha value is -1.02. The van der Waals surface area contributed by atoms with Gasteiger partial charge >= 0.3 is 12.0 Å². The zero-order valence-corrected chi connectivity index (χ0v) is 13.9. The van der Waals surface area contributed by atoms with Crippen molar-refractivity contribution in [2.24, 2.45) is 5.92 Å². The summed E-state index contributed by atoms with van der Waals surface area (Å²) in [6.45, 7) is 2.31. The Balaban J connectivity index is 2.38. The number of hydrogen-bond donors (Lipinski definition) is 3. The van der Waals surface area contributed by atoms with Gasteiger partial charge in [-0.05, 0) is 53.1 Å². The number of aliphatic carboxylic acids is 1. The van der Waals surface area contributed by atoms with Crippen LogP contribution in [0.4, 0.5) is 10.5 Å². The highest BCUT2D eigenvalue weighted by Crippen LogP contribution is 2.23. The number of nitrogens with one attached hydrogen (secondary N) is 2. The zero-order chi connectivity index (χ0) is 15.1. The lowest BCUT2D eigenvalue weighted by molar-refractivity contribution is -0.137. The first-order valence-electron chi connectivity index (χ1n) is 6.10. The number of benzene rings is 1. The van der Waals surface area contributed by atoms with E-state index in [-0.39, 0.29) is 18.4 Å². The van der Waals surface area contributed by atoms with Gasteiger partial charge in [0.15, 0.2) is 0 Å². The molecule has 1 aromatic rings. The van der Waals surface area contributed by atoms with Gasteiger partial charge in [-0.2, -0.15) is 0 Å². The third-order valence-corrected chi connectivity index (χ3v) is 3.63. The number of rotatable bonds is 6. The van der Waals surface area contributed by atoms with Crippen LogP contribution < -0.4 is 10.6 Å². The number of hydrogen-bond acceptors (Lipinski definition) is 2. The molecule has 0 aliphatic heterocycles. The van der Waals surface area contributed by atoms with Crippen molar-refractivity contribution in [2.75, 3.05) is 11.9 Å². The predicted molar refractivity (Wildman–Crippen MR) is 87.2 cm³/mol. The number of carboxylic acids is 1. The van der Waals surface area contributed by atoms with Gasteiger partial charge in [-0.1, -0.05) is 18.5 Å². The second-order valence-electron chi connectivity index (χ2n) is 4.50. The molecule has 1 aromatic carbocycles. The Labute approximate surface area is 136 Å². The Morgan fingerprint density at radius 2 is 2.15 bits per heavy atom. The van der Waals surface area contributed by atoms with Crippen molar-refractivity contribution in [1.29, 1.82) is 0 Å². The molecule has 1 rings (SSSR count). The van der Waals surface area contributed by atoms with Gasteiger partial charge < -0.3 is 15.7 Å². The molecule has 0 saturated heterocycles. The minimum Gasteiger partial charge on any atom is -0.481 e. The lowest BCUT2D eigenvalue weighted by Crippen LogP contribution is -2.32. The van der Waals surface area contributed by atoms with E-state index in [1.165, 1.54) is 0 Å². The molecule has 7 heteroatoms. The van der Waals surface area contributed by atoms with Crippen molar-refractivity contribution in [3.05, 3.63) is 26.8 Å². The van der Waals surface area contributed by atoms with E-state index in [1.54, 1.807) is 12.1 Å². The van der Waals surface area contributed by atoms with Crippen LogP contribution in [0.1, 0.15) is 19.8 Å². The molecular weight excluding hydrogens is 395 g/mol. The van der Waals surface area contributed by atoms with Gasteiger partial charge in [0.1, 0.15) is 0 Å². The highest BCUT2D eigenvalue weighted by atomic mass is 127. The third-order valence-electron chi connectivity index (χ3n) is 2.64. The summed E-state index contributed by atoms with van der Waals surface area (Å²) in [4.78, 5) is 22.1. The standard InChI is InChI=1S/C13H16ClIN2O3/c1-8(2-5-12(18)19)7-16-13(20)17-11-4-3-9(15)6-10(11)14/h3-4,6,8H,2,5,7H2,1H3,(H,18,19)(H2,16,17,20). The maximum atomic E-state index is 11.7. The Morgan fingerprint density at radius 3 is 2.75 bits per heavy atom. The van der Waals surface area contributed by atoms with Crippen molar-refractivity contribution in [2.45, 2.75) is 19.8 Å². The lowest BCUT2D eigenvalue weighted by atomic mass is 10.1. The summed E-state index contributed by atoms with van der Waals surface area (Å²) in [6.07, 6.45) is 0.632. The summed E-state index contributed by atoms with van der Waals surface area (Å²) in [5, 5.41) is 14.4. The summed E-state index contributed by atoms with van der Waals surface area (Å²) in [7, 11) is 0. The number of anilines is 1. The SMILES string of the molecule is CC(CCC(=O)O)CNC(=O)Nc1ccc(I)cc1Cl. The first kappa shape index (κ1) is 17.0. The van der Waals surface area contributed by atoms with E-state index in [0.717, 1.165) is 3.57 Å². The number of amides is 2. The van der Waals surface area contributed by atoms with Crippen LogP contribution in [0.2, 0.25) is 5.02 Å². The molecule has 0 radical (unpaired) electrons. The fraction of sp³-hybridized carbons (Fsp3) is 0.385. The summed E-state index contributed by atoms with van der Waals surface area (Å²) in [6, 6.07) is 4.98. The molecule has 0 aliphatic carbocycles. The fourth-order valence-electron chi connectivity index (χ4n) is 1.50. The highest BCUT2D eigenvalue weighted by molar-refractivity contribution is 14.1. The van der Waals surface area contributed by atoms with Crippen LogP contribution in [0.3, 0.4) is 0 Å². The second kappa shape index (κ2) is 8.31. The zero-order valence-electron chi connectivity index (χ0n) is 11.0. The Bertz CT molecular complexity index is 497. The van der Waals surface area contributed by atoms with Gasteiger partial charge in [-0.15, -0.1) is 0 Å². The van der Waals surface area contributed by atoms with E-state index < -0.39 is 5.97 Å². The summed E-state index contributed by atoms with van der Waals surface area (Å²) in [5.74, 6) is -0.726. The average molecular weight is 411 g/mol. The molecular formula is C13H16ClIN2O3. The van der Waals surface area contributed by atoms with E-state index in [4.69, 9.17) is 16.7 Å². The maximum absolute atomic E-state index is 11.7. The fourth-order valence-corrected chi connectivity index (χ4v) is 2.40. The minimum atomic E-state index is -0.827. The topological polar surface area (TPSA) is 78.4 Å². The quantitative estimate of drug-likeness (QED) is 0.627. The van der Waals surface area contributed by atoms with Crippen LogP contribution in [0.15, 0.2) is 18.2 Å². The monoisotopic (exact) mass is 410 g/mol. The van der Waals surface area contributed by atoms with Crippen LogP contribution in [0.5, 0.6) is 0 Å². The number of carbonyl (C=O) groups excluding carboxylic acids is 1. The van der Waals surface area contributed by atoms with E-state index >= 15 is 0 Å². The van der Waals surface area contributed by atoms with Gasteiger partial charge in [-0.25, -0.2) is 4.79 Å². The van der Waals surface area contributed by atoms with Crippen molar-refractivity contribution in [3.63, 3.8) is 0 Å². The van der Waals surface area contributed by atoms with Crippen LogP contribution in [0.25, 0.3) is 0 Å². The molecule has 1 atom stereocenters. The molecule has 1 unspecified atom stereocenters. The Kier molecular flexibility index (Phi) is 7.08. The molecule has 0 heterocycles. The smallest absolute Gasteiger partial charge is 0.319 e. The molecule has 3 N–H and O–H groups in total. The predicted octanol–water partition coefficient (Wildman–Crippen LogP) is 3.57. The summed E-state index contributed by atoms with van der Waals surface area (Å²) < 4.78 is 0.987. The van der Waals surface area contributed by atoms with Crippen LogP contribution >= 0.6 is 34.2 Å². The van der Waals surface area contributed by atoms with Gasteiger partial charge in [0.2, 0.25) is 0 Å². The van der Waals surface area contributed by atoms with Gasteiger partial charge in [-0.3, -0.25) is 4.79 Å².